The summed E-state index contributed by atoms with van der Waals surface area (Å²) < 4.78 is 7.84. The van der Waals surface area contributed by atoms with E-state index in [4.69, 9.17) is 4.74 Å². The number of nitrogens with one attached hydrogen (secondary N) is 1. The maximum Gasteiger partial charge on any atom is 0.236 e. The second-order valence-electron chi connectivity index (χ2n) is 6.46. The summed E-state index contributed by atoms with van der Waals surface area (Å²) in [5, 5.41) is 19.7. The summed E-state index contributed by atoms with van der Waals surface area (Å²) in [6, 6.07) is 8.08. The number of aromatic nitrogens is 5. The van der Waals surface area contributed by atoms with Crippen molar-refractivity contribution < 1.29 is 9.53 Å². The first-order valence-corrected chi connectivity index (χ1v) is 10.6. The van der Waals surface area contributed by atoms with Crippen molar-refractivity contribution in [2.75, 3.05) is 11.1 Å². The Labute approximate surface area is 171 Å². The molecule has 8 nitrogen and oxygen atoms in total. The van der Waals surface area contributed by atoms with Crippen molar-refractivity contribution >= 4 is 34.1 Å². The van der Waals surface area contributed by atoms with Crippen LogP contribution in [0.5, 0.6) is 5.75 Å². The van der Waals surface area contributed by atoms with E-state index in [0.717, 1.165) is 5.75 Å². The number of hydrogen-bond donors (Lipinski definition) is 1. The Bertz CT molecular complexity index is 909. The number of carbonyl (C=O) groups excluding carboxylic acids is 1. The number of benzene rings is 1. The van der Waals surface area contributed by atoms with Crippen molar-refractivity contribution in [1.82, 2.24) is 25.0 Å². The van der Waals surface area contributed by atoms with Crippen molar-refractivity contribution in [1.29, 1.82) is 0 Å². The van der Waals surface area contributed by atoms with E-state index in [2.05, 4.69) is 51.7 Å². The molecule has 2 heterocycles. The van der Waals surface area contributed by atoms with Gasteiger partial charge in [0.25, 0.3) is 0 Å². The van der Waals surface area contributed by atoms with Gasteiger partial charge in [-0.25, -0.2) is 0 Å². The lowest BCUT2D eigenvalue weighted by atomic mass is 10.0. The molecule has 1 atom stereocenters. The lowest BCUT2D eigenvalue weighted by Crippen LogP contribution is -2.14. The number of hydrogen-bond acceptors (Lipinski definition) is 8. The molecule has 3 aromatic rings. The predicted octanol–water partition coefficient (Wildman–Crippen LogP) is 3.66. The monoisotopic (exact) mass is 418 g/mol. The molecule has 0 saturated carbocycles. The molecule has 1 amide bonds. The second kappa shape index (κ2) is 9.16. The van der Waals surface area contributed by atoms with Gasteiger partial charge in [-0.3, -0.25) is 10.1 Å². The normalized spacial score (nSPS) is 12.2. The van der Waals surface area contributed by atoms with Crippen LogP contribution in [0.4, 0.5) is 5.13 Å². The summed E-state index contributed by atoms with van der Waals surface area (Å²) in [6.07, 6.45) is -0.271. The van der Waals surface area contributed by atoms with Gasteiger partial charge in [-0.1, -0.05) is 49.1 Å². The van der Waals surface area contributed by atoms with E-state index >= 15 is 0 Å². The van der Waals surface area contributed by atoms with Crippen LogP contribution < -0.4 is 10.1 Å². The first-order chi connectivity index (χ1) is 13.4. The lowest BCUT2D eigenvalue weighted by molar-refractivity contribution is -0.113. The Morgan fingerprint density at radius 2 is 1.96 bits per heavy atom. The third kappa shape index (κ3) is 5.08. The standard InChI is InChI=1S/C18H22N6O2S2/c1-11(2)13-5-7-14(8-6-13)26-12(3)16-21-23-18(24(16)4)27-9-15(25)20-17-22-19-10-28-17/h5-8,10-12H,9H2,1-4H3,(H,20,22,25). The zero-order valence-corrected chi connectivity index (χ0v) is 17.8. The van der Waals surface area contributed by atoms with Gasteiger partial charge in [0.2, 0.25) is 11.0 Å². The van der Waals surface area contributed by atoms with Crippen LogP contribution >= 0.6 is 23.1 Å². The number of anilines is 1. The van der Waals surface area contributed by atoms with Crippen LogP contribution in [-0.2, 0) is 11.8 Å². The predicted molar refractivity (Wildman–Crippen MR) is 110 cm³/mol. The SMILES string of the molecule is CC(C)c1ccc(OC(C)c2nnc(SCC(=O)Nc3nncs3)n2C)cc1. The fraction of sp³-hybridized carbons (Fsp3) is 0.389. The van der Waals surface area contributed by atoms with E-state index in [-0.39, 0.29) is 17.8 Å². The zero-order valence-electron chi connectivity index (χ0n) is 16.1. The minimum Gasteiger partial charge on any atom is -0.483 e. The van der Waals surface area contributed by atoms with Crippen molar-refractivity contribution in [3.63, 3.8) is 0 Å². The van der Waals surface area contributed by atoms with Gasteiger partial charge in [0, 0.05) is 7.05 Å². The minimum atomic E-state index is -0.271. The van der Waals surface area contributed by atoms with Gasteiger partial charge < -0.3 is 9.30 Å². The van der Waals surface area contributed by atoms with Gasteiger partial charge >= 0.3 is 0 Å². The topological polar surface area (TPSA) is 94.8 Å². The molecule has 0 aliphatic rings. The molecule has 3 rings (SSSR count). The summed E-state index contributed by atoms with van der Waals surface area (Å²) in [5.41, 5.74) is 2.83. The highest BCUT2D eigenvalue weighted by Crippen LogP contribution is 2.25. The third-order valence-corrected chi connectivity index (χ3v) is 5.66. The van der Waals surface area contributed by atoms with Gasteiger partial charge in [0.05, 0.1) is 5.75 Å². The lowest BCUT2D eigenvalue weighted by Gasteiger charge is -2.15. The fourth-order valence-electron chi connectivity index (χ4n) is 2.51. The maximum atomic E-state index is 12.0. The minimum absolute atomic E-state index is 0.166. The van der Waals surface area contributed by atoms with Gasteiger partial charge in [0.15, 0.2) is 17.1 Å². The molecule has 28 heavy (non-hydrogen) atoms. The molecule has 0 fully saturated rings. The number of amides is 1. The highest BCUT2D eigenvalue weighted by molar-refractivity contribution is 7.99. The third-order valence-electron chi connectivity index (χ3n) is 4.03. The molecule has 0 aliphatic carbocycles. The van der Waals surface area contributed by atoms with E-state index in [1.54, 1.807) is 5.51 Å². The summed E-state index contributed by atoms with van der Waals surface area (Å²) >= 11 is 2.58. The van der Waals surface area contributed by atoms with Crippen LogP contribution in [0.2, 0.25) is 0 Å². The van der Waals surface area contributed by atoms with Crippen LogP contribution in [0.15, 0.2) is 34.9 Å². The number of carbonyl (C=O) groups is 1. The van der Waals surface area contributed by atoms with Crippen LogP contribution in [-0.4, -0.2) is 36.6 Å². The van der Waals surface area contributed by atoms with Gasteiger partial charge in [0.1, 0.15) is 11.3 Å². The summed E-state index contributed by atoms with van der Waals surface area (Å²) in [7, 11) is 1.86. The Hall–Kier alpha value is -2.46. The Morgan fingerprint density at radius 3 is 2.61 bits per heavy atom. The Balaban J connectivity index is 1.57. The van der Waals surface area contributed by atoms with Crippen LogP contribution in [0.1, 0.15) is 44.2 Å². The van der Waals surface area contributed by atoms with Gasteiger partial charge in [-0.2, -0.15) is 0 Å². The average molecular weight is 419 g/mol. The molecule has 1 unspecified atom stereocenters. The largest absolute Gasteiger partial charge is 0.483 e. The van der Waals surface area contributed by atoms with Crippen molar-refractivity contribution in [2.45, 2.75) is 37.9 Å². The first kappa shape index (κ1) is 20.3. The highest BCUT2D eigenvalue weighted by Gasteiger charge is 2.18. The number of ether oxygens (including phenoxy) is 1. The van der Waals surface area contributed by atoms with Crippen LogP contribution in [0.25, 0.3) is 0 Å². The van der Waals surface area contributed by atoms with Crippen molar-refractivity contribution in [3.8, 4) is 5.75 Å². The summed E-state index contributed by atoms with van der Waals surface area (Å²) in [4.78, 5) is 12.0. The molecule has 0 saturated heterocycles. The van der Waals surface area contributed by atoms with E-state index in [9.17, 15) is 4.79 Å². The average Bonchev–Trinajstić information content (AvgIpc) is 3.30. The van der Waals surface area contributed by atoms with E-state index in [1.807, 2.05) is 30.7 Å². The van der Waals surface area contributed by atoms with E-state index < -0.39 is 0 Å². The van der Waals surface area contributed by atoms with Crippen molar-refractivity contribution in [3.05, 3.63) is 41.2 Å². The number of rotatable bonds is 8. The number of nitrogens with zero attached hydrogens (tertiary/aromatic N) is 5. The molecule has 2 aromatic heterocycles. The zero-order chi connectivity index (χ0) is 20.1. The van der Waals surface area contributed by atoms with Crippen molar-refractivity contribution in [2.24, 2.45) is 7.05 Å². The molecular formula is C18H22N6O2S2. The molecule has 0 aliphatic heterocycles. The summed E-state index contributed by atoms with van der Waals surface area (Å²) in [6.45, 7) is 6.24. The van der Waals surface area contributed by atoms with E-state index in [0.29, 0.717) is 22.0 Å². The quantitative estimate of drug-likeness (QED) is 0.558. The smallest absolute Gasteiger partial charge is 0.236 e. The van der Waals surface area contributed by atoms with Crippen LogP contribution in [0, 0.1) is 0 Å². The number of thioether (sulfide) groups is 1. The Kier molecular flexibility index (Phi) is 6.63. The second-order valence-corrected chi connectivity index (χ2v) is 8.24. The molecule has 0 radical (unpaired) electrons. The summed E-state index contributed by atoms with van der Waals surface area (Å²) in [5.74, 6) is 2.00. The molecule has 10 heteroatoms. The maximum absolute atomic E-state index is 12.0. The van der Waals surface area contributed by atoms with Gasteiger partial charge in [-0.15, -0.1) is 20.4 Å². The fourth-order valence-corrected chi connectivity index (χ4v) is 3.69. The first-order valence-electron chi connectivity index (χ1n) is 8.78. The molecule has 1 N–H and O–H groups in total. The molecular weight excluding hydrogens is 396 g/mol. The van der Waals surface area contributed by atoms with E-state index in [1.165, 1.54) is 28.7 Å². The molecule has 0 bridgehead atoms. The van der Waals surface area contributed by atoms with Gasteiger partial charge in [-0.05, 0) is 30.5 Å². The molecule has 148 valence electrons. The molecule has 1 aromatic carbocycles. The molecule has 0 spiro atoms. The highest BCUT2D eigenvalue weighted by atomic mass is 32.2. The van der Waals surface area contributed by atoms with Crippen LogP contribution in [0.3, 0.4) is 0 Å². The Morgan fingerprint density at radius 1 is 1.21 bits per heavy atom.